The number of hydrogen-bond donors (Lipinski definition) is 0. The zero-order valence-electron chi connectivity index (χ0n) is 15.3. The second-order valence-electron chi connectivity index (χ2n) is 6.98. The van der Waals surface area contributed by atoms with Crippen molar-refractivity contribution in [2.24, 2.45) is 0 Å². The van der Waals surface area contributed by atoms with Gasteiger partial charge in [0.05, 0.1) is 0 Å². The molecule has 1 saturated heterocycles. The van der Waals surface area contributed by atoms with E-state index in [4.69, 9.17) is 9.31 Å². The van der Waals surface area contributed by atoms with E-state index in [2.05, 4.69) is 43.3 Å². The molecule has 4 rings (SSSR count). The average Bonchev–Trinajstić information content (AvgIpc) is 2.72. The van der Waals surface area contributed by atoms with Crippen LogP contribution >= 0.6 is 0 Å². The second-order valence-corrected chi connectivity index (χ2v) is 6.98. The molecule has 1 aliphatic heterocycles. The van der Waals surface area contributed by atoms with Gasteiger partial charge in [-0.1, -0.05) is 54.1 Å². The Balaban J connectivity index is 1.43. The molecule has 3 aromatic rings. The summed E-state index contributed by atoms with van der Waals surface area (Å²) in [6.07, 6.45) is 0. The van der Waals surface area contributed by atoms with Gasteiger partial charge < -0.3 is 9.31 Å². The lowest BCUT2D eigenvalue weighted by molar-refractivity contribution is 0.121. The first kappa shape index (κ1) is 18.8. The van der Waals surface area contributed by atoms with Crippen molar-refractivity contribution >= 4 is 12.6 Å². The van der Waals surface area contributed by atoms with Crippen molar-refractivity contribution in [1.82, 2.24) is 0 Å². The molecule has 3 aromatic carbocycles. The molecule has 0 saturated carbocycles. The van der Waals surface area contributed by atoms with Gasteiger partial charge in [0.25, 0.3) is 0 Å². The van der Waals surface area contributed by atoms with Crippen molar-refractivity contribution in [3.05, 3.63) is 89.2 Å². The second kappa shape index (κ2) is 7.82. The maximum Gasteiger partial charge on any atom is 0.494 e. The van der Waals surface area contributed by atoms with E-state index in [-0.39, 0.29) is 11.4 Å². The van der Waals surface area contributed by atoms with Crippen molar-refractivity contribution in [2.45, 2.75) is 12.8 Å². The largest absolute Gasteiger partial charge is 0.494 e. The molecule has 0 atom stereocenters. The molecule has 1 fully saturated rings. The van der Waals surface area contributed by atoms with Crippen LogP contribution in [0.25, 0.3) is 11.1 Å². The summed E-state index contributed by atoms with van der Waals surface area (Å²) >= 11 is 0. The minimum atomic E-state index is -1.49. The van der Waals surface area contributed by atoms with Crippen LogP contribution in [0.2, 0.25) is 0 Å². The summed E-state index contributed by atoms with van der Waals surface area (Å²) in [7, 11) is -0.910. The molecule has 0 unspecified atom stereocenters. The first-order valence-electron chi connectivity index (χ1n) is 9.06. The maximum atomic E-state index is 13.4. The zero-order valence-corrected chi connectivity index (χ0v) is 15.3. The average molecular weight is 382 g/mol. The van der Waals surface area contributed by atoms with Crippen LogP contribution in [0.15, 0.2) is 60.7 Å². The summed E-state index contributed by atoms with van der Waals surface area (Å²) in [4.78, 5) is 0. The minimum absolute atomic E-state index is 0.0125. The maximum absolute atomic E-state index is 13.4. The Labute approximate surface area is 162 Å². The SMILES string of the molecule is Cc1ccc(-c2ccc(C3COB(c4cc(F)c(F)c(F)c4)OC3)cc2)cc1. The van der Waals surface area contributed by atoms with Crippen LogP contribution in [-0.4, -0.2) is 20.3 Å². The van der Waals surface area contributed by atoms with Crippen molar-refractivity contribution in [2.75, 3.05) is 13.2 Å². The van der Waals surface area contributed by atoms with Gasteiger partial charge in [-0.15, -0.1) is 0 Å². The van der Waals surface area contributed by atoms with Gasteiger partial charge >= 0.3 is 7.12 Å². The molecular formula is C22H18BF3O2. The van der Waals surface area contributed by atoms with Crippen LogP contribution in [-0.2, 0) is 9.31 Å². The molecule has 0 bridgehead atoms. The van der Waals surface area contributed by atoms with Crippen molar-refractivity contribution in [3.63, 3.8) is 0 Å². The molecule has 0 aromatic heterocycles. The first-order chi connectivity index (χ1) is 13.5. The van der Waals surface area contributed by atoms with Gasteiger partial charge in [0.15, 0.2) is 17.5 Å². The Bertz CT molecular complexity index is 943. The van der Waals surface area contributed by atoms with Crippen molar-refractivity contribution in [1.29, 1.82) is 0 Å². The van der Waals surface area contributed by atoms with E-state index in [1.165, 1.54) is 5.56 Å². The molecule has 28 heavy (non-hydrogen) atoms. The molecule has 0 spiro atoms. The standard InChI is InChI=1S/C22H18BF3O2/c1-14-2-4-15(5-3-14)16-6-8-17(9-7-16)18-12-27-23(28-13-18)19-10-20(24)22(26)21(25)11-19/h2-11,18H,12-13H2,1H3. The van der Waals surface area contributed by atoms with Gasteiger partial charge in [-0.2, -0.15) is 0 Å². The van der Waals surface area contributed by atoms with Crippen molar-refractivity contribution < 1.29 is 22.5 Å². The fraction of sp³-hybridized carbons (Fsp3) is 0.182. The molecule has 0 aliphatic carbocycles. The molecule has 1 heterocycles. The van der Waals surface area contributed by atoms with E-state index in [0.29, 0.717) is 13.2 Å². The molecule has 1 aliphatic rings. The van der Waals surface area contributed by atoms with E-state index < -0.39 is 24.6 Å². The smallest absolute Gasteiger partial charge is 0.407 e. The highest BCUT2D eigenvalue weighted by Crippen LogP contribution is 2.26. The molecule has 0 amide bonds. The van der Waals surface area contributed by atoms with E-state index in [0.717, 1.165) is 28.8 Å². The summed E-state index contributed by atoms with van der Waals surface area (Å²) in [5.74, 6) is -3.99. The number of halogens is 3. The highest BCUT2D eigenvalue weighted by atomic mass is 19.2. The van der Waals surface area contributed by atoms with Crippen LogP contribution in [0.4, 0.5) is 13.2 Å². The Hall–Kier alpha value is -2.57. The zero-order chi connectivity index (χ0) is 19.7. The molecule has 0 N–H and O–H groups in total. The van der Waals surface area contributed by atoms with E-state index in [9.17, 15) is 13.2 Å². The molecular weight excluding hydrogens is 364 g/mol. The number of rotatable bonds is 3. The van der Waals surface area contributed by atoms with Gasteiger partial charge in [-0.25, -0.2) is 13.2 Å². The van der Waals surface area contributed by atoms with E-state index in [1.807, 2.05) is 12.1 Å². The quantitative estimate of drug-likeness (QED) is 0.487. The van der Waals surface area contributed by atoms with Crippen molar-refractivity contribution in [3.8, 4) is 11.1 Å². The molecule has 0 radical (unpaired) electrons. The fourth-order valence-electron chi connectivity index (χ4n) is 3.29. The third kappa shape index (κ3) is 3.84. The predicted octanol–water partition coefficient (Wildman–Crippen LogP) is 4.61. The van der Waals surface area contributed by atoms with Crippen LogP contribution in [0, 0.1) is 24.4 Å². The monoisotopic (exact) mass is 382 g/mol. The van der Waals surface area contributed by atoms with E-state index >= 15 is 0 Å². The van der Waals surface area contributed by atoms with E-state index in [1.54, 1.807) is 0 Å². The summed E-state index contributed by atoms with van der Waals surface area (Å²) in [6.45, 7) is 2.74. The molecule has 142 valence electrons. The Morgan fingerprint density at radius 2 is 1.29 bits per heavy atom. The lowest BCUT2D eigenvalue weighted by Gasteiger charge is -2.28. The van der Waals surface area contributed by atoms with Gasteiger partial charge in [0.2, 0.25) is 0 Å². The van der Waals surface area contributed by atoms with Gasteiger partial charge in [-0.05, 0) is 41.2 Å². The van der Waals surface area contributed by atoms with Crippen LogP contribution < -0.4 is 5.46 Å². The normalized spacial score (nSPS) is 15.1. The Kier molecular flexibility index (Phi) is 5.24. The van der Waals surface area contributed by atoms with Gasteiger partial charge in [-0.3, -0.25) is 0 Å². The highest BCUT2D eigenvalue weighted by Gasteiger charge is 2.31. The lowest BCUT2D eigenvalue weighted by atomic mass is 9.77. The van der Waals surface area contributed by atoms with Gasteiger partial charge in [0.1, 0.15) is 0 Å². The minimum Gasteiger partial charge on any atom is -0.407 e. The lowest BCUT2D eigenvalue weighted by Crippen LogP contribution is -2.44. The predicted molar refractivity (Wildman–Crippen MR) is 103 cm³/mol. The Morgan fingerprint density at radius 3 is 1.82 bits per heavy atom. The van der Waals surface area contributed by atoms with Crippen LogP contribution in [0.3, 0.4) is 0 Å². The van der Waals surface area contributed by atoms with Crippen LogP contribution in [0.5, 0.6) is 0 Å². The third-order valence-electron chi connectivity index (χ3n) is 4.94. The third-order valence-corrected chi connectivity index (χ3v) is 4.94. The number of hydrogen-bond acceptors (Lipinski definition) is 2. The molecule has 2 nitrogen and oxygen atoms in total. The Morgan fingerprint density at radius 1 is 0.786 bits per heavy atom. The van der Waals surface area contributed by atoms with Crippen LogP contribution in [0.1, 0.15) is 17.0 Å². The highest BCUT2D eigenvalue weighted by molar-refractivity contribution is 6.61. The summed E-state index contributed by atoms with van der Waals surface area (Å²) in [6, 6.07) is 18.3. The molecule has 6 heteroatoms. The topological polar surface area (TPSA) is 18.5 Å². The summed E-state index contributed by atoms with van der Waals surface area (Å²) in [5.41, 5.74) is 4.67. The fourth-order valence-corrected chi connectivity index (χ4v) is 3.29. The van der Waals surface area contributed by atoms with Gasteiger partial charge in [0, 0.05) is 19.1 Å². The first-order valence-corrected chi connectivity index (χ1v) is 9.06. The summed E-state index contributed by atoms with van der Waals surface area (Å²) in [5, 5.41) is 0. The summed E-state index contributed by atoms with van der Waals surface area (Å²) < 4.78 is 51.2. The number of benzene rings is 3. The number of aryl methyl sites for hydroxylation is 1.